The number of benzene rings is 1. The molecule has 0 aliphatic heterocycles. The minimum Gasteiger partial charge on any atom is -0.334 e. The van der Waals surface area contributed by atoms with E-state index in [9.17, 15) is 22.4 Å². The van der Waals surface area contributed by atoms with Crippen LogP contribution in [0.5, 0.6) is 0 Å². The van der Waals surface area contributed by atoms with Gasteiger partial charge in [-0.2, -0.15) is 18.3 Å². The number of nitrogens with zero attached hydrogens (tertiary/aromatic N) is 3. The average molecular weight is 302 g/mol. The minimum atomic E-state index is -4.86. The Kier molecular flexibility index (Phi) is 3.92. The van der Waals surface area contributed by atoms with Crippen LogP contribution in [0.2, 0.25) is 0 Å². The maximum absolute atomic E-state index is 13.2. The molecule has 2 rings (SSSR count). The number of carbonyl (C=O) groups is 1. The van der Waals surface area contributed by atoms with Crippen molar-refractivity contribution in [3.8, 4) is 0 Å². The first-order valence-corrected chi connectivity index (χ1v) is 5.75. The number of aromatic amines is 1. The Hall–Kier alpha value is -2.45. The maximum atomic E-state index is 13.2. The lowest BCUT2D eigenvalue weighted by Gasteiger charge is -2.16. The first-order chi connectivity index (χ1) is 9.79. The van der Waals surface area contributed by atoms with Crippen molar-refractivity contribution >= 4 is 5.91 Å². The van der Waals surface area contributed by atoms with E-state index in [0.29, 0.717) is 18.0 Å². The van der Waals surface area contributed by atoms with Crippen LogP contribution in [0.1, 0.15) is 21.7 Å². The van der Waals surface area contributed by atoms with Gasteiger partial charge in [0.1, 0.15) is 18.0 Å². The highest BCUT2D eigenvalue weighted by Crippen LogP contribution is 2.32. The van der Waals surface area contributed by atoms with Crippen LogP contribution in [0.4, 0.5) is 17.6 Å². The number of carbonyl (C=O) groups excluding carboxylic acids is 1. The SMILES string of the molecule is CN(Cc1ncn[nH]1)C(=O)c1ccc(F)c(C(F)(F)F)c1. The van der Waals surface area contributed by atoms with E-state index >= 15 is 0 Å². The molecule has 9 heteroatoms. The molecule has 1 N–H and O–H groups in total. The largest absolute Gasteiger partial charge is 0.419 e. The highest BCUT2D eigenvalue weighted by atomic mass is 19.4. The molecule has 1 aromatic carbocycles. The van der Waals surface area contributed by atoms with Crippen molar-refractivity contribution in [1.82, 2.24) is 20.1 Å². The van der Waals surface area contributed by atoms with Crippen LogP contribution in [-0.4, -0.2) is 33.0 Å². The molecule has 0 aliphatic carbocycles. The maximum Gasteiger partial charge on any atom is 0.419 e. The molecule has 2 aromatic rings. The third kappa shape index (κ3) is 3.36. The third-order valence-corrected chi connectivity index (χ3v) is 2.72. The van der Waals surface area contributed by atoms with Crippen LogP contribution in [0.15, 0.2) is 24.5 Å². The fourth-order valence-electron chi connectivity index (χ4n) is 1.70. The molecular weight excluding hydrogens is 292 g/mol. The lowest BCUT2D eigenvalue weighted by molar-refractivity contribution is -0.140. The minimum absolute atomic E-state index is 0.0392. The molecule has 0 bridgehead atoms. The summed E-state index contributed by atoms with van der Waals surface area (Å²) in [5.41, 5.74) is -1.73. The van der Waals surface area contributed by atoms with Gasteiger partial charge in [-0.15, -0.1) is 0 Å². The summed E-state index contributed by atoms with van der Waals surface area (Å²) >= 11 is 0. The van der Waals surface area contributed by atoms with Gasteiger partial charge in [0, 0.05) is 12.6 Å². The summed E-state index contributed by atoms with van der Waals surface area (Å²) in [5, 5.41) is 6.12. The van der Waals surface area contributed by atoms with E-state index in [-0.39, 0.29) is 12.1 Å². The van der Waals surface area contributed by atoms with Crippen molar-refractivity contribution in [2.24, 2.45) is 0 Å². The molecule has 0 atom stereocenters. The van der Waals surface area contributed by atoms with Crippen LogP contribution < -0.4 is 0 Å². The van der Waals surface area contributed by atoms with E-state index in [4.69, 9.17) is 0 Å². The molecule has 1 aromatic heterocycles. The van der Waals surface area contributed by atoms with Crippen molar-refractivity contribution in [1.29, 1.82) is 0 Å². The van der Waals surface area contributed by atoms with Crippen LogP contribution in [-0.2, 0) is 12.7 Å². The summed E-state index contributed by atoms with van der Waals surface area (Å²) in [4.78, 5) is 17.0. The highest BCUT2D eigenvalue weighted by Gasteiger charge is 2.34. The number of hydrogen-bond acceptors (Lipinski definition) is 3. The Morgan fingerprint density at radius 2 is 2.10 bits per heavy atom. The molecule has 5 nitrogen and oxygen atoms in total. The summed E-state index contributed by atoms with van der Waals surface area (Å²) in [5.74, 6) is -1.72. The normalized spacial score (nSPS) is 11.5. The lowest BCUT2D eigenvalue weighted by Crippen LogP contribution is -2.27. The monoisotopic (exact) mass is 302 g/mol. The van der Waals surface area contributed by atoms with E-state index in [2.05, 4.69) is 15.2 Å². The van der Waals surface area contributed by atoms with Crippen molar-refractivity contribution in [2.75, 3.05) is 7.05 Å². The van der Waals surface area contributed by atoms with Crippen LogP contribution in [0, 0.1) is 5.82 Å². The van der Waals surface area contributed by atoms with E-state index in [1.54, 1.807) is 0 Å². The summed E-state index contributed by atoms with van der Waals surface area (Å²) in [6.45, 7) is 0.0392. The third-order valence-electron chi connectivity index (χ3n) is 2.72. The Morgan fingerprint density at radius 1 is 1.38 bits per heavy atom. The zero-order chi connectivity index (χ0) is 15.6. The number of alkyl halides is 3. The van der Waals surface area contributed by atoms with Crippen molar-refractivity contribution < 1.29 is 22.4 Å². The number of aromatic nitrogens is 3. The summed E-state index contributed by atoms with van der Waals surface area (Å²) in [6.07, 6.45) is -3.61. The van der Waals surface area contributed by atoms with Gasteiger partial charge in [-0.1, -0.05) is 0 Å². The van der Waals surface area contributed by atoms with Gasteiger partial charge in [-0.3, -0.25) is 9.89 Å². The first kappa shape index (κ1) is 14.9. The van der Waals surface area contributed by atoms with E-state index in [0.717, 1.165) is 11.0 Å². The smallest absolute Gasteiger partial charge is 0.334 e. The molecule has 0 fully saturated rings. The van der Waals surface area contributed by atoms with Gasteiger partial charge in [0.05, 0.1) is 12.1 Å². The van der Waals surface area contributed by atoms with Crippen LogP contribution in [0.3, 0.4) is 0 Å². The molecule has 1 heterocycles. The van der Waals surface area contributed by atoms with Gasteiger partial charge >= 0.3 is 6.18 Å². The Balaban J connectivity index is 2.23. The summed E-state index contributed by atoms with van der Waals surface area (Å²) < 4.78 is 51.0. The Morgan fingerprint density at radius 3 is 2.67 bits per heavy atom. The number of nitrogens with one attached hydrogen (secondary N) is 1. The van der Waals surface area contributed by atoms with E-state index < -0.39 is 23.5 Å². The predicted octanol–water partition coefficient (Wildman–Crippen LogP) is 2.23. The Bertz CT molecular complexity index is 639. The molecular formula is C12H10F4N4O. The number of H-pyrrole nitrogens is 1. The van der Waals surface area contributed by atoms with E-state index in [1.165, 1.54) is 13.4 Å². The second-order valence-electron chi connectivity index (χ2n) is 4.29. The fraction of sp³-hybridized carbons (Fsp3) is 0.250. The topological polar surface area (TPSA) is 61.9 Å². The summed E-state index contributed by atoms with van der Waals surface area (Å²) in [6, 6.07) is 2.12. The Labute approximate surface area is 116 Å². The van der Waals surface area contributed by atoms with Gasteiger partial charge < -0.3 is 4.90 Å². The average Bonchev–Trinajstić information content (AvgIpc) is 2.90. The second kappa shape index (κ2) is 5.51. The van der Waals surface area contributed by atoms with Crippen LogP contribution in [0.25, 0.3) is 0 Å². The molecule has 21 heavy (non-hydrogen) atoms. The van der Waals surface area contributed by atoms with E-state index in [1.807, 2.05) is 0 Å². The quantitative estimate of drug-likeness (QED) is 0.884. The number of rotatable bonds is 3. The number of amides is 1. The van der Waals surface area contributed by atoms with Gasteiger partial charge in [0.2, 0.25) is 0 Å². The van der Waals surface area contributed by atoms with Crippen LogP contribution >= 0.6 is 0 Å². The van der Waals surface area contributed by atoms with Crippen molar-refractivity contribution in [3.63, 3.8) is 0 Å². The summed E-state index contributed by atoms with van der Waals surface area (Å²) in [7, 11) is 1.39. The molecule has 112 valence electrons. The van der Waals surface area contributed by atoms with Gasteiger partial charge in [0.25, 0.3) is 5.91 Å². The van der Waals surface area contributed by atoms with Crippen molar-refractivity contribution in [2.45, 2.75) is 12.7 Å². The molecule has 0 saturated carbocycles. The lowest BCUT2D eigenvalue weighted by atomic mass is 10.1. The first-order valence-electron chi connectivity index (χ1n) is 5.75. The highest BCUT2D eigenvalue weighted by molar-refractivity contribution is 5.94. The van der Waals surface area contributed by atoms with Gasteiger partial charge in [-0.25, -0.2) is 9.37 Å². The molecule has 0 spiro atoms. The molecule has 0 radical (unpaired) electrons. The molecule has 1 amide bonds. The molecule has 0 aliphatic rings. The number of hydrogen-bond donors (Lipinski definition) is 1. The standard InChI is InChI=1S/C12H10F4N4O/c1-20(5-10-17-6-18-19-10)11(21)7-2-3-9(13)8(4-7)12(14,15)16/h2-4,6H,5H2,1H3,(H,17,18,19). The van der Waals surface area contributed by atoms with Gasteiger partial charge in [-0.05, 0) is 18.2 Å². The number of halogens is 4. The fourth-order valence-corrected chi connectivity index (χ4v) is 1.70. The zero-order valence-electron chi connectivity index (χ0n) is 10.8. The predicted molar refractivity (Wildman–Crippen MR) is 63.6 cm³/mol. The van der Waals surface area contributed by atoms with Gasteiger partial charge in [0.15, 0.2) is 0 Å². The van der Waals surface area contributed by atoms with Crippen molar-refractivity contribution in [3.05, 3.63) is 47.3 Å². The zero-order valence-corrected chi connectivity index (χ0v) is 10.8. The second-order valence-corrected chi connectivity index (χ2v) is 4.29. The molecule has 0 saturated heterocycles. The molecule has 0 unspecified atom stereocenters.